The summed E-state index contributed by atoms with van der Waals surface area (Å²) in [6, 6.07) is 1.67. The quantitative estimate of drug-likeness (QED) is 0.825. The molecular weight excluding hydrogens is 220 g/mol. The lowest BCUT2D eigenvalue weighted by Crippen LogP contribution is -2.47. The van der Waals surface area contributed by atoms with Crippen LogP contribution in [0.15, 0.2) is 0 Å². The highest BCUT2D eigenvalue weighted by atomic mass is 15.1. The second-order valence-electron chi connectivity index (χ2n) is 6.84. The molecule has 0 aromatic carbocycles. The van der Waals surface area contributed by atoms with Crippen molar-refractivity contribution >= 4 is 0 Å². The molecule has 2 unspecified atom stereocenters. The predicted molar refractivity (Wildman–Crippen MR) is 76.7 cm³/mol. The third kappa shape index (κ3) is 3.27. The number of nitrogens with one attached hydrogen (secondary N) is 1. The van der Waals surface area contributed by atoms with Gasteiger partial charge in [-0.25, -0.2) is 0 Å². The fraction of sp³-hybridized carbons (Fsp3) is 1.00. The first kappa shape index (κ1) is 12.9. The topological polar surface area (TPSA) is 15.3 Å². The summed E-state index contributed by atoms with van der Waals surface area (Å²) in [7, 11) is 0. The zero-order valence-corrected chi connectivity index (χ0v) is 12.0. The first-order valence-electron chi connectivity index (χ1n) is 8.33. The van der Waals surface area contributed by atoms with Crippen molar-refractivity contribution in [2.24, 2.45) is 11.8 Å². The molecule has 2 saturated carbocycles. The first-order chi connectivity index (χ1) is 8.85. The Hall–Kier alpha value is -0.0800. The van der Waals surface area contributed by atoms with Gasteiger partial charge in [-0.2, -0.15) is 0 Å². The fourth-order valence-corrected chi connectivity index (χ4v) is 4.12. The van der Waals surface area contributed by atoms with Crippen LogP contribution in [0.5, 0.6) is 0 Å². The maximum atomic E-state index is 3.99. The molecule has 2 nitrogen and oxygen atoms in total. The van der Waals surface area contributed by atoms with Crippen molar-refractivity contribution in [1.29, 1.82) is 0 Å². The number of piperidine rings is 1. The Kier molecular flexibility index (Phi) is 4.25. The SMILES string of the molecule is CCN1CCC(NC2CCCC(C3CC3)C2)CC1. The summed E-state index contributed by atoms with van der Waals surface area (Å²) in [6.45, 7) is 6.15. The first-order valence-corrected chi connectivity index (χ1v) is 8.33. The third-order valence-electron chi connectivity index (χ3n) is 5.51. The normalized spacial score (nSPS) is 35.8. The molecule has 0 bridgehead atoms. The van der Waals surface area contributed by atoms with Crippen molar-refractivity contribution in [1.82, 2.24) is 10.2 Å². The van der Waals surface area contributed by atoms with Crippen LogP contribution in [0.3, 0.4) is 0 Å². The van der Waals surface area contributed by atoms with Gasteiger partial charge in [-0.3, -0.25) is 0 Å². The van der Waals surface area contributed by atoms with E-state index in [4.69, 9.17) is 0 Å². The minimum Gasteiger partial charge on any atom is -0.311 e. The Morgan fingerprint density at radius 3 is 2.33 bits per heavy atom. The highest BCUT2D eigenvalue weighted by Gasteiger charge is 2.35. The van der Waals surface area contributed by atoms with E-state index in [2.05, 4.69) is 17.1 Å². The third-order valence-corrected chi connectivity index (χ3v) is 5.51. The molecule has 1 N–H and O–H groups in total. The van der Waals surface area contributed by atoms with Crippen LogP contribution in [0.4, 0.5) is 0 Å². The van der Waals surface area contributed by atoms with Crippen molar-refractivity contribution in [2.45, 2.75) is 70.4 Å². The molecule has 2 heteroatoms. The van der Waals surface area contributed by atoms with Gasteiger partial charge in [0.25, 0.3) is 0 Å². The minimum absolute atomic E-state index is 0.816. The highest BCUT2D eigenvalue weighted by Crippen LogP contribution is 2.44. The zero-order chi connectivity index (χ0) is 12.4. The minimum atomic E-state index is 0.816. The summed E-state index contributed by atoms with van der Waals surface area (Å²) in [5.41, 5.74) is 0. The molecule has 2 aliphatic carbocycles. The Balaban J connectivity index is 1.42. The molecule has 0 aromatic rings. The summed E-state index contributed by atoms with van der Waals surface area (Å²) < 4.78 is 0. The van der Waals surface area contributed by atoms with E-state index in [1.165, 1.54) is 71.0 Å². The van der Waals surface area contributed by atoms with Crippen LogP contribution in [0.2, 0.25) is 0 Å². The summed E-state index contributed by atoms with van der Waals surface area (Å²) in [5, 5.41) is 3.99. The highest BCUT2D eigenvalue weighted by molar-refractivity contribution is 4.89. The number of nitrogens with zero attached hydrogens (tertiary/aromatic N) is 1. The van der Waals surface area contributed by atoms with Crippen LogP contribution in [0.25, 0.3) is 0 Å². The summed E-state index contributed by atoms with van der Waals surface area (Å²) in [6.07, 6.45) is 11.7. The molecule has 0 spiro atoms. The average Bonchev–Trinajstić information content (AvgIpc) is 3.24. The van der Waals surface area contributed by atoms with Gasteiger partial charge in [0.1, 0.15) is 0 Å². The zero-order valence-electron chi connectivity index (χ0n) is 12.0. The van der Waals surface area contributed by atoms with Gasteiger partial charge in [0.05, 0.1) is 0 Å². The van der Waals surface area contributed by atoms with Crippen molar-refractivity contribution in [2.75, 3.05) is 19.6 Å². The van der Waals surface area contributed by atoms with Crippen LogP contribution >= 0.6 is 0 Å². The van der Waals surface area contributed by atoms with E-state index in [1.807, 2.05) is 0 Å². The molecule has 18 heavy (non-hydrogen) atoms. The van der Waals surface area contributed by atoms with Gasteiger partial charge in [0.2, 0.25) is 0 Å². The van der Waals surface area contributed by atoms with Gasteiger partial charge in [-0.15, -0.1) is 0 Å². The standard InChI is InChI=1S/C16H30N2/c1-2-18-10-8-15(9-11-18)17-16-5-3-4-14(12-16)13-6-7-13/h13-17H,2-12H2,1H3. The van der Waals surface area contributed by atoms with E-state index in [0.29, 0.717) is 0 Å². The molecule has 1 saturated heterocycles. The maximum Gasteiger partial charge on any atom is 0.00940 e. The molecule has 0 aromatic heterocycles. The van der Waals surface area contributed by atoms with Crippen molar-refractivity contribution in [3.05, 3.63) is 0 Å². The molecule has 1 heterocycles. The number of hydrogen-bond acceptors (Lipinski definition) is 2. The monoisotopic (exact) mass is 250 g/mol. The second-order valence-corrected chi connectivity index (χ2v) is 6.84. The van der Waals surface area contributed by atoms with Crippen LogP contribution in [0, 0.1) is 11.8 Å². The number of likely N-dealkylation sites (tertiary alicyclic amines) is 1. The molecule has 0 amide bonds. The maximum absolute atomic E-state index is 3.99. The molecular formula is C16H30N2. The van der Waals surface area contributed by atoms with E-state index in [-0.39, 0.29) is 0 Å². The Bertz CT molecular complexity index is 254. The van der Waals surface area contributed by atoms with Crippen LogP contribution < -0.4 is 5.32 Å². The number of rotatable bonds is 4. The summed E-state index contributed by atoms with van der Waals surface area (Å²) in [4.78, 5) is 2.59. The predicted octanol–water partition coefficient (Wildman–Crippen LogP) is 3.03. The van der Waals surface area contributed by atoms with Crippen LogP contribution in [-0.4, -0.2) is 36.6 Å². The van der Waals surface area contributed by atoms with E-state index < -0.39 is 0 Å². The lowest BCUT2D eigenvalue weighted by molar-refractivity contribution is 0.178. The van der Waals surface area contributed by atoms with E-state index >= 15 is 0 Å². The van der Waals surface area contributed by atoms with Crippen molar-refractivity contribution in [3.63, 3.8) is 0 Å². The Morgan fingerprint density at radius 1 is 0.889 bits per heavy atom. The van der Waals surface area contributed by atoms with Crippen molar-refractivity contribution < 1.29 is 0 Å². The molecule has 3 rings (SSSR count). The largest absolute Gasteiger partial charge is 0.311 e. The summed E-state index contributed by atoms with van der Waals surface area (Å²) in [5.74, 6) is 2.20. The molecule has 3 fully saturated rings. The van der Waals surface area contributed by atoms with Crippen LogP contribution in [-0.2, 0) is 0 Å². The van der Waals surface area contributed by atoms with E-state index in [1.54, 1.807) is 0 Å². The second kappa shape index (κ2) is 5.92. The van der Waals surface area contributed by atoms with Gasteiger partial charge in [0, 0.05) is 12.1 Å². The van der Waals surface area contributed by atoms with Crippen LogP contribution in [0.1, 0.15) is 58.3 Å². The molecule has 3 aliphatic rings. The van der Waals surface area contributed by atoms with Gasteiger partial charge < -0.3 is 10.2 Å². The average molecular weight is 250 g/mol. The van der Waals surface area contributed by atoms with Crippen molar-refractivity contribution in [3.8, 4) is 0 Å². The van der Waals surface area contributed by atoms with Gasteiger partial charge in [-0.1, -0.05) is 19.8 Å². The molecule has 2 atom stereocenters. The molecule has 1 aliphatic heterocycles. The van der Waals surface area contributed by atoms with Gasteiger partial charge in [0.15, 0.2) is 0 Å². The Morgan fingerprint density at radius 2 is 1.67 bits per heavy atom. The lowest BCUT2D eigenvalue weighted by Gasteiger charge is -2.37. The number of hydrogen-bond donors (Lipinski definition) is 1. The molecule has 0 radical (unpaired) electrons. The molecule has 104 valence electrons. The van der Waals surface area contributed by atoms with E-state index in [9.17, 15) is 0 Å². The van der Waals surface area contributed by atoms with Gasteiger partial charge in [-0.05, 0) is 70.0 Å². The lowest BCUT2D eigenvalue weighted by atomic mass is 9.82. The summed E-state index contributed by atoms with van der Waals surface area (Å²) >= 11 is 0. The smallest absolute Gasteiger partial charge is 0.00940 e. The van der Waals surface area contributed by atoms with Gasteiger partial charge >= 0.3 is 0 Å². The Labute approximate surface area is 113 Å². The fourth-order valence-electron chi connectivity index (χ4n) is 4.12. The van der Waals surface area contributed by atoms with E-state index in [0.717, 1.165) is 23.9 Å².